The lowest BCUT2D eigenvalue weighted by Crippen LogP contribution is -2.23. The third kappa shape index (κ3) is 5.43. The van der Waals surface area contributed by atoms with Crippen molar-refractivity contribution in [2.45, 2.75) is 38.0 Å². The van der Waals surface area contributed by atoms with Crippen molar-refractivity contribution < 1.29 is 14.6 Å². The van der Waals surface area contributed by atoms with Crippen LogP contribution < -0.4 is 0 Å². The molecule has 3 nitrogen and oxygen atoms in total. The van der Waals surface area contributed by atoms with E-state index in [4.69, 9.17) is 17.0 Å². The second-order valence-corrected chi connectivity index (χ2v) is 9.30. The monoisotopic (exact) mass is 414 g/mol. The van der Waals surface area contributed by atoms with Gasteiger partial charge in [-0.1, -0.05) is 68.5 Å². The molecule has 3 rings (SSSR count). The number of benzene rings is 1. The summed E-state index contributed by atoms with van der Waals surface area (Å²) in [5.41, 5.74) is 2.27. The van der Waals surface area contributed by atoms with E-state index in [1.54, 1.807) is 11.8 Å². The van der Waals surface area contributed by atoms with Gasteiger partial charge in [0.15, 0.2) is 0 Å². The minimum Gasteiger partial charge on any atom is -0.491 e. The van der Waals surface area contributed by atoms with Gasteiger partial charge in [-0.25, -0.2) is 0 Å². The average Bonchev–Trinajstić information content (AvgIpc) is 2.70. The van der Waals surface area contributed by atoms with Gasteiger partial charge in [-0.05, 0) is 24.1 Å². The van der Waals surface area contributed by atoms with Crippen LogP contribution in [0.3, 0.4) is 0 Å². The van der Waals surface area contributed by atoms with Crippen molar-refractivity contribution >= 4 is 39.5 Å². The molecule has 0 saturated carbocycles. The first-order valence-corrected chi connectivity index (χ1v) is 10.9. The number of aliphatic hydroxyl groups is 1. The van der Waals surface area contributed by atoms with E-state index < -0.39 is 6.10 Å². The van der Waals surface area contributed by atoms with Crippen LogP contribution in [0.1, 0.15) is 32.3 Å². The topological polar surface area (TPSA) is 46.5 Å². The number of allylic oxidation sites excluding steroid dienone is 3. The van der Waals surface area contributed by atoms with Crippen molar-refractivity contribution in [3.63, 3.8) is 0 Å². The molecule has 0 aromatic heterocycles. The van der Waals surface area contributed by atoms with Gasteiger partial charge >= 0.3 is 0 Å². The lowest BCUT2D eigenvalue weighted by atomic mass is 9.94. The molecule has 0 radical (unpaired) electrons. The first-order valence-electron chi connectivity index (χ1n) is 9.66. The van der Waals surface area contributed by atoms with Gasteiger partial charge in [0.05, 0.1) is 10.3 Å². The summed E-state index contributed by atoms with van der Waals surface area (Å²) in [5.74, 6) is 1.21. The molecule has 0 spiro atoms. The van der Waals surface area contributed by atoms with Crippen LogP contribution in [0, 0.1) is 11.8 Å². The van der Waals surface area contributed by atoms with Crippen molar-refractivity contribution in [3.05, 3.63) is 66.0 Å². The number of aliphatic hydroxyl groups excluding tert-OH is 1. The predicted molar refractivity (Wildman–Crippen MR) is 120 cm³/mol. The molecule has 3 unspecified atom stereocenters. The summed E-state index contributed by atoms with van der Waals surface area (Å²) >= 11 is 7.31. The number of carbonyl (C=O) groups excluding carboxylic acids is 1. The number of Topliss-reactive ketones (excluding diaryl/α,β-unsaturated/α-hetero) is 1. The minimum absolute atomic E-state index is 0.00929. The maximum absolute atomic E-state index is 11.7. The molecule has 28 heavy (non-hydrogen) atoms. The smallest absolute Gasteiger partial charge is 0.135 e. The molecule has 2 aliphatic rings. The second-order valence-electron chi connectivity index (χ2n) is 7.45. The highest BCUT2D eigenvalue weighted by Gasteiger charge is 2.29. The van der Waals surface area contributed by atoms with Crippen LogP contribution in [-0.4, -0.2) is 33.0 Å². The van der Waals surface area contributed by atoms with Crippen molar-refractivity contribution in [2.24, 2.45) is 11.8 Å². The summed E-state index contributed by atoms with van der Waals surface area (Å²) in [6, 6.07) is 10.2. The Balaban J connectivity index is 1.56. The number of ketones is 1. The van der Waals surface area contributed by atoms with Gasteiger partial charge in [-0.3, -0.25) is 4.79 Å². The number of thioether (sulfide) groups is 1. The van der Waals surface area contributed by atoms with Crippen LogP contribution in [0.25, 0.3) is 5.57 Å². The van der Waals surface area contributed by atoms with Crippen molar-refractivity contribution in [1.29, 1.82) is 0 Å². The van der Waals surface area contributed by atoms with Crippen molar-refractivity contribution in [3.8, 4) is 0 Å². The molecule has 1 heterocycles. The lowest BCUT2D eigenvalue weighted by molar-refractivity contribution is -0.122. The largest absolute Gasteiger partial charge is 0.491 e. The molecule has 0 saturated heterocycles. The maximum atomic E-state index is 11.7. The maximum Gasteiger partial charge on any atom is 0.135 e. The van der Waals surface area contributed by atoms with Crippen LogP contribution in [-0.2, 0) is 9.53 Å². The second kappa shape index (κ2) is 9.68. The number of hydrogen-bond donors (Lipinski definition) is 1. The highest BCUT2D eigenvalue weighted by atomic mass is 32.2. The van der Waals surface area contributed by atoms with Crippen LogP contribution in [0.15, 0.2) is 60.4 Å². The lowest BCUT2D eigenvalue weighted by Gasteiger charge is -2.29. The summed E-state index contributed by atoms with van der Waals surface area (Å²) in [5, 5.41) is 10.3. The average molecular weight is 415 g/mol. The van der Waals surface area contributed by atoms with Gasteiger partial charge < -0.3 is 9.84 Å². The highest BCUT2D eigenvalue weighted by molar-refractivity contribution is 8.25. The summed E-state index contributed by atoms with van der Waals surface area (Å²) < 4.78 is 6.66. The molecule has 0 fully saturated rings. The molecule has 1 aliphatic heterocycles. The first kappa shape index (κ1) is 21.0. The fourth-order valence-corrected chi connectivity index (χ4v) is 4.76. The molecule has 0 amide bonds. The van der Waals surface area contributed by atoms with Crippen LogP contribution in [0.4, 0.5) is 0 Å². The Morgan fingerprint density at radius 1 is 1.25 bits per heavy atom. The Labute approximate surface area is 176 Å². The number of fused-ring (bicyclic) bond motifs is 1. The SMILES string of the molecule is CC(C)C(=O)CCC(O)COC1=CC2SC(=S)C(c3ccccc3)=CC2C=C1. The number of carbonyl (C=O) groups is 1. The summed E-state index contributed by atoms with van der Waals surface area (Å²) in [4.78, 5) is 11.7. The molecule has 148 valence electrons. The molecule has 5 heteroatoms. The molecule has 0 bridgehead atoms. The molecule has 1 aromatic rings. The van der Waals surface area contributed by atoms with E-state index >= 15 is 0 Å². The van der Waals surface area contributed by atoms with Crippen LogP contribution in [0.2, 0.25) is 0 Å². The van der Waals surface area contributed by atoms with E-state index in [-0.39, 0.29) is 29.5 Å². The third-order valence-corrected chi connectivity index (χ3v) is 6.57. The van der Waals surface area contributed by atoms with Gasteiger partial charge in [0.2, 0.25) is 0 Å². The van der Waals surface area contributed by atoms with Gasteiger partial charge in [-0.15, -0.1) is 11.8 Å². The van der Waals surface area contributed by atoms with Crippen LogP contribution >= 0.6 is 24.0 Å². The first-order chi connectivity index (χ1) is 13.4. The Morgan fingerprint density at radius 2 is 2.00 bits per heavy atom. The fraction of sp³-hybridized carbons (Fsp3) is 0.391. The number of thiocarbonyl (C=S) groups is 1. The van der Waals surface area contributed by atoms with Crippen molar-refractivity contribution in [2.75, 3.05) is 6.61 Å². The molecular formula is C23H26O3S2. The van der Waals surface area contributed by atoms with Gasteiger partial charge in [0.1, 0.15) is 18.1 Å². The van der Waals surface area contributed by atoms with E-state index in [2.05, 4.69) is 30.4 Å². The molecule has 3 atom stereocenters. The summed E-state index contributed by atoms with van der Waals surface area (Å²) in [6.45, 7) is 3.95. The summed E-state index contributed by atoms with van der Waals surface area (Å²) in [6.07, 6.45) is 8.58. The van der Waals surface area contributed by atoms with Crippen molar-refractivity contribution in [1.82, 2.24) is 0 Å². The zero-order valence-corrected chi connectivity index (χ0v) is 17.8. The van der Waals surface area contributed by atoms with E-state index in [1.807, 2.05) is 38.1 Å². The van der Waals surface area contributed by atoms with Gasteiger partial charge in [0.25, 0.3) is 0 Å². The Morgan fingerprint density at radius 3 is 2.71 bits per heavy atom. The number of rotatable bonds is 8. The zero-order chi connectivity index (χ0) is 20.1. The Bertz CT molecular complexity index is 808. The molecular weight excluding hydrogens is 388 g/mol. The number of ether oxygens (including phenoxy) is 1. The molecule has 1 aliphatic carbocycles. The van der Waals surface area contributed by atoms with E-state index in [0.717, 1.165) is 21.1 Å². The third-order valence-electron chi connectivity index (χ3n) is 4.91. The zero-order valence-electron chi connectivity index (χ0n) is 16.2. The van der Waals surface area contributed by atoms with E-state index in [1.165, 1.54) is 0 Å². The predicted octanol–water partition coefficient (Wildman–Crippen LogP) is 4.97. The molecule has 1 aromatic carbocycles. The Kier molecular flexibility index (Phi) is 7.27. The highest BCUT2D eigenvalue weighted by Crippen LogP contribution is 2.40. The van der Waals surface area contributed by atoms with Crippen LogP contribution in [0.5, 0.6) is 0 Å². The quantitative estimate of drug-likeness (QED) is 0.609. The Hall–Kier alpha value is -1.69. The number of hydrogen-bond acceptors (Lipinski definition) is 5. The normalized spacial score (nSPS) is 22.4. The summed E-state index contributed by atoms with van der Waals surface area (Å²) in [7, 11) is 0. The van der Waals surface area contributed by atoms with E-state index in [9.17, 15) is 9.90 Å². The molecule has 1 N–H and O–H groups in total. The van der Waals surface area contributed by atoms with Gasteiger partial charge in [0, 0.05) is 29.1 Å². The fourth-order valence-electron chi connectivity index (χ4n) is 3.16. The van der Waals surface area contributed by atoms with E-state index in [0.29, 0.717) is 12.8 Å². The minimum atomic E-state index is -0.639. The standard InChI is InChI=1S/C23H26O3S2/c1-15(2)21(25)11-9-18(24)14-26-19-10-8-17-12-20(16-6-4-3-5-7-16)23(27)28-22(17)13-19/h3-8,10,12-13,15,17-18,22,24H,9,11,14H2,1-2H3. The van der Waals surface area contributed by atoms with Gasteiger partial charge in [-0.2, -0.15) is 0 Å².